The Hall–Kier alpha value is -0.450. The summed E-state index contributed by atoms with van der Waals surface area (Å²) in [5.74, 6) is 3.66. The largest absolute Gasteiger partial charge is 0.389 e. The number of ether oxygens (including phenoxy) is 1. The fraction of sp³-hybridized carbons (Fsp3) is 0.955. The van der Waals surface area contributed by atoms with Crippen LogP contribution in [0.5, 0.6) is 0 Å². The van der Waals surface area contributed by atoms with E-state index < -0.39 is 5.60 Å². The zero-order valence-electron chi connectivity index (χ0n) is 16.7. The summed E-state index contributed by atoms with van der Waals surface area (Å²) in [5.41, 5.74) is -0.620. The van der Waals surface area contributed by atoms with Crippen LogP contribution in [-0.4, -0.2) is 41.9 Å². The predicted molar refractivity (Wildman–Crippen MR) is 102 cm³/mol. The van der Waals surface area contributed by atoms with Crippen molar-refractivity contribution in [3.63, 3.8) is 0 Å². The van der Waals surface area contributed by atoms with Gasteiger partial charge in [0, 0.05) is 13.0 Å². The molecule has 0 radical (unpaired) electrons. The van der Waals surface area contributed by atoms with Gasteiger partial charge in [0.15, 0.2) is 5.78 Å². The first-order chi connectivity index (χ1) is 12.5. The maximum atomic E-state index is 12.0. The molecule has 7 unspecified atom stereocenters. The predicted octanol–water partition coefficient (Wildman–Crippen LogP) is 3.58. The number of aliphatic hydroxyl groups excluding tert-OH is 1. The minimum atomic E-state index is -0.620. The Kier molecular flexibility index (Phi) is 6.79. The first-order valence-corrected chi connectivity index (χ1v) is 10.8. The summed E-state index contributed by atoms with van der Waals surface area (Å²) < 4.78 is 5.28. The second-order valence-corrected chi connectivity index (χ2v) is 9.54. The van der Waals surface area contributed by atoms with Crippen molar-refractivity contribution >= 4 is 5.78 Å². The van der Waals surface area contributed by atoms with Crippen LogP contribution in [0.2, 0.25) is 0 Å². The van der Waals surface area contributed by atoms with Crippen molar-refractivity contribution in [1.29, 1.82) is 0 Å². The Balaban J connectivity index is 1.70. The number of Topliss-reactive ketones (excluding diaryl/α,β-unsaturated/α-hetero) is 1. The highest BCUT2D eigenvalue weighted by Gasteiger charge is 2.47. The van der Waals surface area contributed by atoms with Crippen LogP contribution in [0.3, 0.4) is 0 Å². The quantitative estimate of drug-likeness (QED) is 0.798. The molecule has 3 fully saturated rings. The van der Waals surface area contributed by atoms with E-state index in [2.05, 4.69) is 6.92 Å². The van der Waals surface area contributed by atoms with E-state index in [9.17, 15) is 15.0 Å². The zero-order valence-corrected chi connectivity index (χ0v) is 16.7. The fourth-order valence-electron chi connectivity index (χ4n) is 6.64. The van der Waals surface area contributed by atoms with Gasteiger partial charge in [-0.05, 0) is 87.4 Å². The average Bonchev–Trinajstić information content (AvgIpc) is 2.70. The van der Waals surface area contributed by atoms with E-state index in [1.54, 1.807) is 7.11 Å². The summed E-state index contributed by atoms with van der Waals surface area (Å²) in [6.07, 6.45) is 10.7. The monoisotopic (exact) mass is 366 g/mol. The lowest BCUT2D eigenvalue weighted by Gasteiger charge is -2.51. The zero-order chi connectivity index (χ0) is 18.7. The van der Waals surface area contributed by atoms with Crippen LogP contribution < -0.4 is 0 Å². The molecule has 26 heavy (non-hydrogen) atoms. The van der Waals surface area contributed by atoms with E-state index in [0.717, 1.165) is 62.7 Å². The first-order valence-electron chi connectivity index (χ1n) is 10.8. The molecule has 3 aliphatic rings. The number of hydrogen-bond acceptors (Lipinski definition) is 4. The van der Waals surface area contributed by atoms with Crippen molar-refractivity contribution in [1.82, 2.24) is 0 Å². The van der Waals surface area contributed by atoms with Crippen molar-refractivity contribution in [2.24, 2.45) is 35.5 Å². The normalized spacial score (nSPS) is 44.2. The number of carbonyl (C=O) groups is 1. The SMILES string of the molecule is COCC1(O)CCC2C(CCC3C(C)CCC(C(=O)CO)CCCC32)C1. The van der Waals surface area contributed by atoms with Gasteiger partial charge in [-0.2, -0.15) is 0 Å². The molecule has 0 heterocycles. The molecule has 0 saturated heterocycles. The first kappa shape index (κ1) is 20.3. The molecule has 7 atom stereocenters. The van der Waals surface area contributed by atoms with Gasteiger partial charge in [-0.25, -0.2) is 0 Å². The third-order valence-electron chi connectivity index (χ3n) is 7.98. The van der Waals surface area contributed by atoms with Gasteiger partial charge >= 0.3 is 0 Å². The maximum absolute atomic E-state index is 12.0. The van der Waals surface area contributed by atoms with E-state index in [1.807, 2.05) is 0 Å². The van der Waals surface area contributed by atoms with E-state index in [-0.39, 0.29) is 18.3 Å². The summed E-state index contributed by atoms with van der Waals surface area (Å²) in [6.45, 7) is 2.55. The van der Waals surface area contributed by atoms with Crippen LogP contribution in [0.4, 0.5) is 0 Å². The summed E-state index contributed by atoms with van der Waals surface area (Å²) in [5, 5.41) is 20.1. The maximum Gasteiger partial charge on any atom is 0.161 e. The highest BCUT2D eigenvalue weighted by molar-refractivity contribution is 5.81. The minimum absolute atomic E-state index is 0.0437. The van der Waals surface area contributed by atoms with Gasteiger partial charge in [0.2, 0.25) is 0 Å². The molecule has 0 aromatic rings. The third kappa shape index (κ3) is 4.34. The number of aliphatic hydroxyl groups is 2. The molecule has 2 N–H and O–H groups in total. The number of ketones is 1. The lowest BCUT2D eigenvalue weighted by Crippen LogP contribution is -2.48. The minimum Gasteiger partial charge on any atom is -0.389 e. The number of hydrogen-bond donors (Lipinski definition) is 2. The van der Waals surface area contributed by atoms with E-state index in [4.69, 9.17) is 4.74 Å². The van der Waals surface area contributed by atoms with E-state index >= 15 is 0 Å². The molecule has 3 saturated carbocycles. The molecule has 4 heteroatoms. The van der Waals surface area contributed by atoms with E-state index in [1.165, 1.54) is 19.3 Å². The molecular weight excluding hydrogens is 328 g/mol. The molecule has 0 aromatic carbocycles. The van der Waals surface area contributed by atoms with Crippen molar-refractivity contribution in [2.45, 2.75) is 76.7 Å². The molecule has 150 valence electrons. The molecule has 3 rings (SSSR count). The van der Waals surface area contributed by atoms with E-state index in [0.29, 0.717) is 18.4 Å². The summed E-state index contributed by atoms with van der Waals surface area (Å²) >= 11 is 0. The highest BCUT2D eigenvalue weighted by Crippen LogP contribution is 2.53. The van der Waals surface area contributed by atoms with Crippen molar-refractivity contribution in [3.8, 4) is 0 Å². The third-order valence-corrected chi connectivity index (χ3v) is 7.98. The smallest absolute Gasteiger partial charge is 0.161 e. The summed E-state index contributed by atoms with van der Waals surface area (Å²) in [6, 6.07) is 0. The second-order valence-electron chi connectivity index (χ2n) is 9.54. The van der Waals surface area contributed by atoms with Gasteiger partial charge in [0.25, 0.3) is 0 Å². The van der Waals surface area contributed by atoms with Gasteiger partial charge in [-0.3, -0.25) is 4.79 Å². The van der Waals surface area contributed by atoms with Gasteiger partial charge in [-0.1, -0.05) is 13.3 Å². The summed E-state index contributed by atoms with van der Waals surface area (Å²) in [4.78, 5) is 12.0. The van der Waals surface area contributed by atoms with Gasteiger partial charge in [-0.15, -0.1) is 0 Å². The second kappa shape index (κ2) is 8.70. The Morgan fingerprint density at radius 1 is 1.04 bits per heavy atom. The van der Waals surface area contributed by atoms with Gasteiger partial charge in [0.1, 0.15) is 6.61 Å². The van der Waals surface area contributed by atoms with Gasteiger partial charge in [0.05, 0.1) is 12.2 Å². The molecule has 0 amide bonds. The van der Waals surface area contributed by atoms with Crippen LogP contribution >= 0.6 is 0 Å². The molecular formula is C22H38O4. The number of fused-ring (bicyclic) bond motifs is 3. The number of methoxy groups -OCH3 is 1. The molecule has 3 aliphatic carbocycles. The average molecular weight is 367 g/mol. The van der Waals surface area contributed by atoms with Crippen molar-refractivity contribution in [3.05, 3.63) is 0 Å². The molecule has 0 bridgehead atoms. The van der Waals surface area contributed by atoms with Gasteiger partial charge < -0.3 is 14.9 Å². The Morgan fingerprint density at radius 3 is 2.58 bits per heavy atom. The lowest BCUT2D eigenvalue weighted by atomic mass is 9.56. The molecule has 4 nitrogen and oxygen atoms in total. The van der Waals surface area contributed by atoms with Crippen molar-refractivity contribution in [2.75, 3.05) is 20.3 Å². The molecule has 0 aromatic heterocycles. The molecule has 0 aliphatic heterocycles. The lowest BCUT2D eigenvalue weighted by molar-refractivity contribution is -0.126. The van der Waals surface area contributed by atoms with Crippen molar-refractivity contribution < 1.29 is 19.7 Å². The Labute approximate surface area is 158 Å². The number of rotatable bonds is 4. The Morgan fingerprint density at radius 2 is 1.85 bits per heavy atom. The van der Waals surface area contributed by atoms with Crippen LogP contribution in [0.15, 0.2) is 0 Å². The van der Waals surface area contributed by atoms with Crippen LogP contribution in [0.1, 0.15) is 71.1 Å². The van der Waals surface area contributed by atoms with Crippen LogP contribution in [-0.2, 0) is 9.53 Å². The Bertz CT molecular complexity index is 479. The van der Waals surface area contributed by atoms with Crippen LogP contribution in [0, 0.1) is 35.5 Å². The topological polar surface area (TPSA) is 66.8 Å². The number of carbonyl (C=O) groups excluding carboxylic acids is 1. The standard InChI is InChI=1S/C22H38O4/c1-15-6-7-16(21(24)13-23)4-3-5-20-18(15)9-8-17-12-22(25,14-26-2)11-10-19(17)20/h15-20,23,25H,3-14H2,1-2H3. The fourth-order valence-corrected chi connectivity index (χ4v) is 6.64. The summed E-state index contributed by atoms with van der Waals surface area (Å²) in [7, 11) is 1.69. The highest BCUT2D eigenvalue weighted by atomic mass is 16.5. The molecule has 0 spiro atoms. The van der Waals surface area contributed by atoms with Crippen LogP contribution in [0.25, 0.3) is 0 Å².